The average molecular weight is 675 g/mol. The Balaban J connectivity index is 1.08. The highest BCUT2D eigenvalue weighted by Gasteiger charge is 2.56. The van der Waals surface area contributed by atoms with E-state index in [1.807, 2.05) is 0 Å². The monoisotopic (exact) mass is 674 g/mol. The molecule has 2 amide bonds. The number of carbonyl (C=O) groups excluding carboxylic acids is 2. The molecule has 0 aromatic heterocycles. The second kappa shape index (κ2) is 14.8. The highest BCUT2D eigenvalue weighted by atomic mass is 19.1. The Hall–Kier alpha value is -4.81. The van der Waals surface area contributed by atoms with Gasteiger partial charge in [-0.2, -0.15) is 0 Å². The molecule has 0 unspecified atom stereocenters. The molecule has 3 aliphatic carbocycles. The van der Waals surface area contributed by atoms with Crippen LogP contribution >= 0.6 is 0 Å². The first-order valence-corrected chi connectivity index (χ1v) is 16.3. The number of benzene rings is 2. The molecule has 12 heteroatoms. The molecule has 2 saturated carbocycles. The summed E-state index contributed by atoms with van der Waals surface area (Å²) in [7, 11) is 3.19. The van der Waals surface area contributed by atoms with Gasteiger partial charge in [-0.05, 0) is 79.6 Å². The van der Waals surface area contributed by atoms with Crippen molar-refractivity contribution < 1.29 is 37.3 Å². The van der Waals surface area contributed by atoms with Gasteiger partial charge in [0, 0.05) is 55.8 Å². The predicted octanol–water partition coefficient (Wildman–Crippen LogP) is 5.62. The van der Waals surface area contributed by atoms with E-state index in [0.29, 0.717) is 59.8 Å². The molecule has 2 N–H and O–H groups in total. The lowest BCUT2D eigenvalue weighted by atomic mass is 10.0. The maximum Gasteiger partial charge on any atom is 0.240 e. The second-order valence-corrected chi connectivity index (χ2v) is 12.5. The Labute approximate surface area is 284 Å². The van der Waals surface area contributed by atoms with Crippen LogP contribution < -0.4 is 15.4 Å². The minimum absolute atomic E-state index is 0.107. The van der Waals surface area contributed by atoms with E-state index in [4.69, 9.17) is 18.9 Å². The fraction of sp³-hybridized carbons (Fsp3) is 0.378. The predicted molar refractivity (Wildman–Crippen MR) is 181 cm³/mol. The third-order valence-electron chi connectivity index (χ3n) is 9.22. The van der Waals surface area contributed by atoms with Crippen LogP contribution in [0.15, 0.2) is 95.1 Å². The minimum Gasteiger partial charge on any atom is -0.493 e. The highest BCUT2D eigenvalue weighted by Crippen LogP contribution is 2.47. The number of rotatable bonds is 13. The lowest BCUT2D eigenvalue weighted by molar-refractivity contribution is -0.131. The zero-order valence-corrected chi connectivity index (χ0v) is 27.6. The number of ether oxygens (including phenoxy) is 4. The average Bonchev–Trinajstić information content (AvgIpc) is 4.05. The summed E-state index contributed by atoms with van der Waals surface area (Å²) >= 11 is 0. The molecule has 1 saturated heterocycles. The molecule has 0 bridgehead atoms. The Morgan fingerprint density at radius 3 is 2.35 bits per heavy atom. The molecule has 49 heavy (non-hydrogen) atoms. The van der Waals surface area contributed by atoms with Gasteiger partial charge < -0.3 is 29.6 Å². The van der Waals surface area contributed by atoms with Gasteiger partial charge in [0.1, 0.15) is 17.0 Å². The van der Waals surface area contributed by atoms with Gasteiger partial charge >= 0.3 is 0 Å². The molecular formula is C37H40F2N4O6. The maximum absolute atomic E-state index is 15.3. The number of allylic oxidation sites excluding steroid dienone is 4. The zero-order chi connectivity index (χ0) is 34.5. The number of nitrogens with zero attached hydrogens (tertiary/aromatic N) is 2. The van der Waals surface area contributed by atoms with Crippen LogP contribution in [0.4, 0.5) is 20.2 Å². The molecule has 6 rings (SSSR count). The van der Waals surface area contributed by atoms with E-state index in [9.17, 15) is 14.0 Å². The van der Waals surface area contributed by atoms with E-state index < -0.39 is 28.9 Å². The molecule has 2 aromatic rings. The third-order valence-corrected chi connectivity index (χ3v) is 9.22. The molecule has 0 radical (unpaired) electrons. The van der Waals surface area contributed by atoms with E-state index in [1.54, 1.807) is 26.3 Å². The largest absolute Gasteiger partial charge is 0.493 e. The number of hydrogen-bond acceptors (Lipinski definition) is 8. The van der Waals surface area contributed by atoms with Crippen LogP contribution in [0, 0.1) is 28.9 Å². The standard InChI is InChI=1S/C37H40F2N4O6/c1-4-31(28-19-33(46-3)34(20-30(28)40-2)48-22-24-17-23(24)21-43-13-15-47-16-14-43)49-32-10-9-27(18-29(32)39)42-36(45)37(11-12-37)35(44)41-26-7-5-25(38)6-8-26/h4-10,18-20,23-24H,1,11-17,21-22H2,2-3H3,(H,41,44)(H,42,45)/b31-28+,40-30-/t23-,24-/m1/s1. The maximum atomic E-state index is 15.3. The van der Waals surface area contributed by atoms with Gasteiger partial charge in [0.05, 0.1) is 32.6 Å². The van der Waals surface area contributed by atoms with Crippen molar-refractivity contribution in [3.8, 4) is 5.75 Å². The van der Waals surface area contributed by atoms with Gasteiger partial charge in [0.2, 0.25) is 11.8 Å². The summed E-state index contributed by atoms with van der Waals surface area (Å²) in [6.45, 7) is 8.99. The summed E-state index contributed by atoms with van der Waals surface area (Å²) in [5, 5.41) is 5.29. The lowest BCUT2D eigenvalue weighted by Crippen LogP contribution is -2.37. The minimum atomic E-state index is -1.29. The van der Waals surface area contributed by atoms with Crippen molar-refractivity contribution in [2.75, 3.05) is 64.2 Å². The van der Waals surface area contributed by atoms with Crippen molar-refractivity contribution in [1.29, 1.82) is 0 Å². The second-order valence-electron chi connectivity index (χ2n) is 12.5. The Morgan fingerprint density at radius 2 is 1.71 bits per heavy atom. The van der Waals surface area contributed by atoms with Gasteiger partial charge in [-0.25, -0.2) is 8.78 Å². The van der Waals surface area contributed by atoms with E-state index >= 15 is 4.39 Å². The van der Waals surface area contributed by atoms with E-state index in [2.05, 4.69) is 27.1 Å². The van der Waals surface area contributed by atoms with Crippen molar-refractivity contribution in [2.24, 2.45) is 22.2 Å². The zero-order valence-electron chi connectivity index (χ0n) is 27.6. The number of halogens is 2. The number of nitrogens with one attached hydrogen (secondary N) is 2. The van der Waals surface area contributed by atoms with Crippen LogP contribution in [0.5, 0.6) is 5.75 Å². The quantitative estimate of drug-likeness (QED) is 0.210. The molecule has 3 fully saturated rings. The van der Waals surface area contributed by atoms with Crippen molar-refractivity contribution >= 4 is 28.9 Å². The number of morpholine rings is 1. The number of hydrogen-bond donors (Lipinski definition) is 2. The van der Waals surface area contributed by atoms with Crippen LogP contribution in [0.3, 0.4) is 0 Å². The van der Waals surface area contributed by atoms with Crippen LogP contribution in [-0.2, 0) is 23.8 Å². The Kier molecular flexibility index (Phi) is 10.3. The number of carbonyl (C=O) groups is 2. The van der Waals surface area contributed by atoms with Crippen molar-refractivity contribution in [3.63, 3.8) is 0 Å². The van der Waals surface area contributed by atoms with E-state index in [0.717, 1.165) is 45.3 Å². The number of methoxy groups -OCH3 is 1. The summed E-state index contributed by atoms with van der Waals surface area (Å²) in [4.78, 5) is 32.8. The fourth-order valence-corrected chi connectivity index (χ4v) is 5.96. The lowest BCUT2D eigenvalue weighted by Gasteiger charge is -2.26. The first-order chi connectivity index (χ1) is 23.7. The normalized spacial score (nSPS) is 23.1. The topological polar surface area (TPSA) is 111 Å². The molecule has 2 atom stereocenters. The number of anilines is 2. The van der Waals surface area contributed by atoms with Gasteiger partial charge in [-0.3, -0.25) is 19.5 Å². The molecule has 1 heterocycles. The molecule has 1 aliphatic heterocycles. The first kappa shape index (κ1) is 34.1. The van der Waals surface area contributed by atoms with Crippen LogP contribution in [0.2, 0.25) is 0 Å². The molecule has 0 spiro atoms. The summed E-state index contributed by atoms with van der Waals surface area (Å²) in [6.07, 6.45) is 6.74. The summed E-state index contributed by atoms with van der Waals surface area (Å²) < 4.78 is 51.8. The third kappa shape index (κ3) is 7.92. The van der Waals surface area contributed by atoms with Gasteiger partial charge in [-0.15, -0.1) is 0 Å². The SMILES string of the molecule is C=C/C(Oc1ccc(NC(=O)C2(C(=O)Nc3ccc(F)cc3)CC2)cc1F)=C1/C=C(OC)C(OC[C@H]2C[C@@H]2CN2CCOCC2)=C/C1=N/C. The fourth-order valence-electron chi connectivity index (χ4n) is 5.96. The first-order valence-electron chi connectivity index (χ1n) is 16.3. The number of amides is 2. The van der Waals surface area contributed by atoms with Crippen LogP contribution in [-0.4, -0.2) is 76.0 Å². The smallest absolute Gasteiger partial charge is 0.240 e. The van der Waals surface area contributed by atoms with Gasteiger partial charge in [-0.1, -0.05) is 6.58 Å². The molecule has 2 aromatic carbocycles. The molecule has 4 aliphatic rings. The van der Waals surface area contributed by atoms with Crippen LogP contribution in [0.25, 0.3) is 0 Å². The Bertz CT molecular complexity index is 1720. The van der Waals surface area contributed by atoms with Crippen molar-refractivity contribution in [3.05, 3.63) is 102 Å². The number of aliphatic imine (C=N–C) groups is 1. The summed E-state index contributed by atoms with van der Waals surface area (Å²) in [5.74, 6) is -0.0109. The van der Waals surface area contributed by atoms with Crippen molar-refractivity contribution in [2.45, 2.75) is 19.3 Å². The van der Waals surface area contributed by atoms with Crippen LogP contribution in [0.1, 0.15) is 19.3 Å². The molecule has 10 nitrogen and oxygen atoms in total. The highest BCUT2D eigenvalue weighted by molar-refractivity contribution is 6.17. The van der Waals surface area contributed by atoms with E-state index in [-0.39, 0.29) is 17.2 Å². The molecular weight excluding hydrogens is 634 g/mol. The van der Waals surface area contributed by atoms with Crippen molar-refractivity contribution in [1.82, 2.24) is 4.90 Å². The summed E-state index contributed by atoms with van der Waals surface area (Å²) in [6, 6.07) is 9.24. The van der Waals surface area contributed by atoms with Gasteiger partial charge in [0.15, 0.2) is 23.1 Å². The van der Waals surface area contributed by atoms with E-state index in [1.165, 1.54) is 42.5 Å². The molecule has 258 valence electrons. The Morgan fingerprint density at radius 1 is 1.02 bits per heavy atom. The van der Waals surface area contributed by atoms with Gasteiger partial charge in [0.25, 0.3) is 0 Å². The summed E-state index contributed by atoms with van der Waals surface area (Å²) in [5.41, 5.74) is 0.313.